The number of hydrogen-bond acceptors (Lipinski definition) is 3. The standard InChI is InChI=1S/C16H14Br2O3/c1-10(19)13-8-12(17)4-6-15(13)21-9-11-3-5-16(20-2)14(18)7-11/h3-8H,9H2,1-2H3. The molecule has 0 saturated carbocycles. The highest BCUT2D eigenvalue weighted by atomic mass is 79.9. The first kappa shape index (κ1) is 16.0. The summed E-state index contributed by atoms with van der Waals surface area (Å²) in [6, 6.07) is 11.1. The number of carbonyl (C=O) groups is 1. The van der Waals surface area contributed by atoms with E-state index in [9.17, 15) is 4.79 Å². The SMILES string of the molecule is COc1ccc(COc2ccc(Br)cc2C(C)=O)cc1Br. The second-order valence-corrected chi connectivity index (χ2v) is 6.22. The van der Waals surface area contributed by atoms with Crippen molar-refractivity contribution in [2.75, 3.05) is 7.11 Å². The summed E-state index contributed by atoms with van der Waals surface area (Å²) < 4.78 is 12.7. The van der Waals surface area contributed by atoms with Crippen molar-refractivity contribution in [3.63, 3.8) is 0 Å². The lowest BCUT2D eigenvalue weighted by molar-refractivity contribution is 0.101. The Hall–Kier alpha value is -1.33. The van der Waals surface area contributed by atoms with E-state index in [0.717, 1.165) is 20.3 Å². The van der Waals surface area contributed by atoms with Gasteiger partial charge in [0.2, 0.25) is 0 Å². The zero-order valence-corrected chi connectivity index (χ0v) is 14.8. The van der Waals surface area contributed by atoms with Crippen molar-refractivity contribution in [1.29, 1.82) is 0 Å². The number of Topliss-reactive ketones (excluding diaryl/α,β-unsaturated/α-hetero) is 1. The van der Waals surface area contributed by atoms with Gasteiger partial charge in [0.25, 0.3) is 0 Å². The third kappa shape index (κ3) is 4.08. The Morgan fingerprint density at radius 1 is 1.10 bits per heavy atom. The van der Waals surface area contributed by atoms with Gasteiger partial charge < -0.3 is 9.47 Å². The third-order valence-corrected chi connectivity index (χ3v) is 4.04. The molecule has 0 aromatic heterocycles. The summed E-state index contributed by atoms with van der Waals surface area (Å²) in [5.74, 6) is 1.33. The molecule has 5 heteroatoms. The Morgan fingerprint density at radius 3 is 2.43 bits per heavy atom. The number of carbonyl (C=O) groups excluding carboxylic acids is 1. The van der Waals surface area contributed by atoms with Crippen LogP contribution in [0.1, 0.15) is 22.8 Å². The second kappa shape index (κ2) is 7.09. The van der Waals surface area contributed by atoms with E-state index in [1.54, 1.807) is 19.2 Å². The molecule has 0 radical (unpaired) electrons. The first-order valence-corrected chi connectivity index (χ1v) is 7.85. The number of hydrogen-bond donors (Lipinski definition) is 0. The van der Waals surface area contributed by atoms with Crippen LogP contribution in [0, 0.1) is 0 Å². The zero-order valence-electron chi connectivity index (χ0n) is 11.7. The van der Waals surface area contributed by atoms with Crippen LogP contribution < -0.4 is 9.47 Å². The fourth-order valence-electron chi connectivity index (χ4n) is 1.86. The lowest BCUT2D eigenvalue weighted by Crippen LogP contribution is -2.02. The molecule has 0 aliphatic rings. The molecule has 21 heavy (non-hydrogen) atoms. The summed E-state index contributed by atoms with van der Waals surface area (Å²) in [6.07, 6.45) is 0. The van der Waals surface area contributed by atoms with Crippen LogP contribution in [0.25, 0.3) is 0 Å². The van der Waals surface area contributed by atoms with Gasteiger partial charge >= 0.3 is 0 Å². The maximum Gasteiger partial charge on any atom is 0.163 e. The first-order valence-electron chi connectivity index (χ1n) is 6.27. The van der Waals surface area contributed by atoms with Crippen molar-refractivity contribution < 1.29 is 14.3 Å². The zero-order chi connectivity index (χ0) is 15.4. The molecule has 0 amide bonds. The normalized spacial score (nSPS) is 10.3. The predicted molar refractivity (Wildman–Crippen MR) is 89.2 cm³/mol. The summed E-state index contributed by atoms with van der Waals surface area (Å²) in [7, 11) is 1.62. The maximum atomic E-state index is 11.6. The lowest BCUT2D eigenvalue weighted by Gasteiger charge is -2.11. The lowest BCUT2D eigenvalue weighted by atomic mass is 10.1. The number of rotatable bonds is 5. The Labute approximate surface area is 140 Å². The topological polar surface area (TPSA) is 35.5 Å². The molecule has 2 rings (SSSR count). The van der Waals surface area contributed by atoms with Crippen LogP contribution in [0.5, 0.6) is 11.5 Å². The van der Waals surface area contributed by atoms with Crippen LogP contribution in [0.3, 0.4) is 0 Å². The van der Waals surface area contributed by atoms with Crippen molar-refractivity contribution in [2.24, 2.45) is 0 Å². The Balaban J connectivity index is 2.16. The molecule has 0 N–H and O–H groups in total. The molecule has 2 aromatic rings. The van der Waals surface area contributed by atoms with Gasteiger partial charge in [-0.15, -0.1) is 0 Å². The van der Waals surface area contributed by atoms with E-state index >= 15 is 0 Å². The molecule has 0 bridgehead atoms. The summed E-state index contributed by atoms with van der Waals surface area (Å²) >= 11 is 6.80. The molecule has 0 saturated heterocycles. The van der Waals surface area contributed by atoms with Crippen molar-refractivity contribution in [2.45, 2.75) is 13.5 Å². The number of ether oxygens (including phenoxy) is 2. The smallest absolute Gasteiger partial charge is 0.163 e. The van der Waals surface area contributed by atoms with E-state index in [0.29, 0.717) is 17.9 Å². The van der Waals surface area contributed by atoms with Gasteiger partial charge in [0.15, 0.2) is 5.78 Å². The second-order valence-electron chi connectivity index (χ2n) is 4.45. The minimum absolute atomic E-state index is 0.0257. The van der Waals surface area contributed by atoms with Gasteiger partial charge in [-0.2, -0.15) is 0 Å². The molecule has 0 heterocycles. The molecule has 0 aliphatic carbocycles. The van der Waals surface area contributed by atoms with Crippen LogP contribution in [-0.4, -0.2) is 12.9 Å². The van der Waals surface area contributed by atoms with E-state index in [1.165, 1.54) is 6.92 Å². The average molecular weight is 414 g/mol. The average Bonchev–Trinajstić information content (AvgIpc) is 2.46. The molecule has 0 fully saturated rings. The van der Waals surface area contributed by atoms with E-state index in [2.05, 4.69) is 31.9 Å². The van der Waals surface area contributed by atoms with Gasteiger partial charge in [-0.3, -0.25) is 4.79 Å². The first-order chi connectivity index (χ1) is 10.0. The number of benzene rings is 2. The molecule has 0 unspecified atom stereocenters. The van der Waals surface area contributed by atoms with Crippen molar-refractivity contribution >= 4 is 37.6 Å². The Morgan fingerprint density at radius 2 is 1.81 bits per heavy atom. The molecule has 2 aromatic carbocycles. The molecule has 3 nitrogen and oxygen atoms in total. The largest absolute Gasteiger partial charge is 0.496 e. The van der Waals surface area contributed by atoms with Crippen LogP contribution in [0.2, 0.25) is 0 Å². The highest BCUT2D eigenvalue weighted by Crippen LogP contribution is 2.28. The van der Waals surface area contributed by atoms with Crippen molar-refractivity contribution in [3.05, 3.63) is 56.5 Å². The third-order valence-electron chi connectivity index (χ3n) is 2.93. The van der Waals surface area contributed by atoms with Gasteiger partial charge in [0.05, 0.1) is 17.1 Å². The Bertz CT molecular complexity index is 669. The van der Waals surface area contributed by atoms with E-state index in [1.807, 2.05) is 24.3 Å². The summed E-state index contributed by atoms with van der Waals surface area (Å²) in [5.41, 5.74) is 1.55. The molecule has 0 spiro atoms. The predicted octanol–water partition coefficient (Wildman–Crippen LogP) is 5.00. The van der Waals surface area contributed by atoms with Gasteiger partial charge in [0, 0.05) is 4.47 Å². The quantitative estimate of drug-likeness (QED) is 0.647. The van der Waals surface area contributed by atoms with Crippen molar-refractivity contribution in [3.8, 4) is 11.5 Å². The van der Waals surface area contributed by atoms with Crippen LogP contribution in [0.15, 0.2) is 45.3 Å². The number of ketones is 1. The highest BCUT2D eigenvalue weighted by Gasteiger charge is 2.10. The van der Waals surface area contributed by atoms with Gasteiger partial charge in [-0.05, 0) is 58.7 Å². The molecule has 110 valence electrons. The van der Waals surface area contributed by atoms with E-state index in [4.69, 9.17) is 9.47 Å². The van der Waals surface area contributed by atoms with Crippen molar-refractivity contribution in [1.82, 2.24) is 0 Å². The minimum atomic E-state index is -0.0257. The van der Waals surface area contributed by atoms with Crippen LogP contribution >= 0.6 is 31.9 Å². The summed E-state index contributed by atoms with van der Waals surface area (Å²) in [4.78, 5) is 11.6. The van der Waals surface area contributed by atoms with E-state index < -0.39 is 0 Å². The van der Waals surface area contributed by atoms with E-state index in [-0.39, 0.29) is 5.78 Å². The summed E-state index contributed by atoms with van der Waals surface area (Å²) in [6.45, 7) is 1.91. The number of halogens is 2. The van der Waals surface area contributed by atoms with Crippen LogP contribution in [-0.2, 0) is 6.61 Å². The number of methoxy groups -OCH3 is 1. The maximum absolute atomic E-state index is 11.6. The van der Waals surface area contributed by atoms with Gasteiger partial charge in [-0.1, -0.05) is 22.0 Å². The van der Waals surface area contributed by atoms with Gasteiger partial charge in [-0.25, -0.2) is 0 Å². The highest BCUT2D eigenvalue weighted by molar-refractivity contribution is 9.10. The minimum Gasteiger partial charge on any atom is -0.496 e. The fourth-order valence-corrected chi connectivity index (χ4v) is 2.81. The monoisotopic (exact) mass is 412 g/mol. The summed E-state index contributed by atoms with van der Waals surface area (Å²) in [5, 5.41) is 0. The molecule has 0 aliphatic heterocycles. The molecular weight excluding hydrogens is 400 g/mol. The van der Waals surface area contributed by atoms with Crippen LogP contribution in [0.4, 0.5) is 0 Å². The molecular formula is C16H14Br2O3. The fraction of sp³-hybridized carbons (Fsp3) is 0.188. The molecule has 0 atom stereocenters. The van der Waals surface area contributed by atoms with Gasteiger partial charge in [0.1, 0.15) is 18.1 Å². The Kier molecular flexibility index (Phi) is 5.42.